The first-order valence-electron chi connectivity index (χ1n) is 3.25. The van der Waals surface area contributed by atoms with Gasteiger partial charge in [-0.2, -0.15) is 0 Å². The molecule has 0 atom stereocenters. The molecule has 0 amide bonds. The quantitative estimate of drug-likeness (QED) is 0.182. The predicted molar refractivity (Wildman–Crippen MR) is 39.4 cm³/mol. The molecule has 0 aliphatic heterocycles. The molecule has 1 aromatic rings. The van der Waals surface area contributed by atoms with E-state index in [1.165, 1.54) is 0 Å². The van der Waals surface area contributed by atoms with Gasteiger partial charge in [0.15, 0.2) is 0 Å². The molecule has 1 aromatic carbocycles. The summed E-state index contributed by atoms with van der Waals surface area (Å²) in [4.78, 5) is 0. The minimum Gasteiger partial charge on any atom is -0.859 e. The van der Waals surface area contributed by atoms with Gasteiger partial charge in [-0.15, -0.1) is 5.16 Å². The van der Waals surface area contributed by atoms with Gasteiger partial charge in [-0.25, -0.2) is 0 Å². The van der Waals surface area contributed by atoms with Gasteiger partial charge in [-0.1, -0.05) is 30.3 Å². The Kier molecular flexibility index (Phi) is 6.69. The summed E-state index contributed by atoms with van der Waals surface area (Å²) in [5.74, 6) is -0.517. The maximum atomic E-state index is 10.6. The van der Waals surface area contributed by atoms with E-state index < -0.39 is 5.90 Å². The Labute approximate surface area is 114 Å². The van der Waals surface area contributed by atoms with Crippen LogP contribution in [0.1, 0.15) is 5.56 Å². The van der Waals surface area contributed by atoms with Crippen molar-refractivity contribution >= 4 is 5.90 Å². The Hall–Kier alpha value is 0.126. The number of nitrogens with zero attached hydrogens (tertiary/aromatic N) is 1. The summed E-state index contributed by atoms with van der Waals surface area (Å²) in [7, 11) is 0. The first-order chi connectivity index (χ1) is 5.33. The second-order valence-electron chi connectivity index (χ2n) is 2.16. The monoisotopic (exact) mass is 189 g/mol. The Balaban J connectivity index is 0.00000121. The summed E-state index contributed by atoms with van der Waals surface area (Å²) in [6.45, 7) is 0. The molecule has 0 aliphatic rings. The maximum absolute atomic E-state index is 10.6. The van der Waals surface area contributed by atoms with Crippen molar-refractivity contribution in [2.24, 2.45) is 5.16 Å². The molecule has 4 heteroatoms. The molecule has 0 saturated carbocycles. The molecule has 0 saturated heterocycles. The van der Waals surface area contributed by atoms with Crippen molar-refractivity contribution < 1.29 is 61.7 Å². The smallest absolute Gasteiger partial charge is 0.859 e. The second-order valence-corrected chi connectivity index (χ2v) is 2.16. The summed E-state index contributed by atoms with van der Waals surface area (Å²) >= 11 is 0. The van der Waals surface area contributed by atoms with Crippen molar-refractivity contribution in [1.82, 2.24) is 0 Å². The van der Waals surface area contributed by atoms with Gasteiger partial charge in [0.25, 0.3) is 0 Å². The van der Waals surface area contributed by atoms with Crippen LogP contribution in [0.25, 0.3) is 0 Å². The van der Waals surface area contributed by atoms with Crippen LogP contribution in [-0.2, 0) is 6.42 Å². The zero-order valence-corrected chi connectivity index (χ0v) is 10.0. The maximum Gasteiger partial charge on any atom is 1.00 e. The molecule has 0 heterocycles. The summed E-state index contributed by atoms with van der Waals surface area (Å²) in [5.41, 5.74) is 0.857. The van der Waals surface area contributed by atoms with Gasteiger partial charge in [0, 0.05) is 12.3 Å². The fourth-order valence-electron chi connectivity index (χ4n) is 0.806. The van der Waals surface area contributed by atoms with Gasteiger partial charge >= 0.3 is 51.4 Å². The molecular formula is C8H8KNO2. The van der Waals surface area contributed by atoms with Crippen molar-refractivity contribution in [1.29, 1.82) is 0 Å². The van der Waals surface area contributed by atoms with Crippen LogP contribution in [0, 0.1) is 0 Å². The Bertz CT molecular complexity index is 248. The Morgan fingerprint density at radius 1 is 1.33 bits per heavy atom. The molecule has 1 rings (SSSR count). The van der Waals surface area contributed by atoms with Crippen molar-refractivity contribution in [3.05, 3.63) is 35.9 Å². The fraction of sp³-hybridized carbons (Fsp3) is 0.125. The first kappa shape index (κ1) is 12.1. The van der Waals surface area contributed by atoms with Crippen LogP contribution in [0.3, 0.4) is 0 Å². The number of hydrogen-bond acceptors (Lipinski definition) is 3. The van der Waals surface area contributed by atoms with E-state index in [0.717, 1.165) is 5.56 Å². The zero-order chi connectivity index (χ0) is 8.10. The molecule has 0 fully saturated rings. The third-order valence-electron chi connectivity index (χ3n) is 1.31. The van der Waals surface area contributed by atoms with E-state index in [4.69, 9.17) is 5.21 Å². The van der Waals surface area contributed by atoms with E-state index in [1.807, 2.05) is 30.3 Å². The summed E-state index contributed by atoms with van der Waals surface area (Å²) in [6.07, 6.45) is 0.164. The van der Waals surface area contributed by atoms with Gasteiger partial charge < -0.3 is 10.3 Å². The van der Waals surface area contributed by atoms with Crippen LogP contribution in [-0.4, -0.2) is 11.1 Å². The van der Waals surface area contributed by atoms with Crippen molar-refractivity contribution in [2.75, 3.05) is 0 Å². The first-order valence-corrected chi connectivity index (χ1v) is 3.25. The van der Waals surface area contributed by atoms with E-state index in [9.17, 15) is 5.11 Å². The van der Waals surface area contributed by atoms with Gasteiger partial charge in [-0.05, 0) is 5.56 Å². The fourth-order valence-corrected chi connectivity index (χ4v) is 0.806. The molecule has 12 heavy (non-hydrogen) atoms. The number of hydrogen-bond donors (Lipinski definition) is 1. The van der Waals surface area contributed by atoms with Crippen molar-refractivity contribution in [3.63, 3.8) is 0 Å². The zero-order valence-electron chi connectivity index (χ0n) is 6.90. The average Bonchev–Trinajstić information content (AvgIpc) is 2.06. The molecule has 0 radical (unpaired) electrons. The van der Waals surface area contributed by atoms with E-state index in [1.54, 1.807) is 0 Å². The third-order valence-corrected chi connectivity index (χ3v) is 1.31. The van der Waals surface area contributed by atoms with Gasteiger partial charge in [-0.3, -0.25) is 0 Å². The van der Waals surface area contributed by atoms with Crippen molar-refractivity contribution in [3.8, 4) is 0 Å². The van der Waals surface area contributed by atoms with E-state index in [2.05, 4.69) is 5.16 Å². The molecule has 3 nitrogen and oxygen atoms in total. The average molecular weight is 189 g/mol. The van der Waals surface area contributed by atoms with Gasteiger partial charge in [0.2, 0.25) is 0 Å². The van der Waals surface area contributed by atoms with Crippen LogP contribution in [0.5, 0.6) is 0 Å². The number of rotatable bonds is 2. The number of oxime groups is 1. The molecule has 0 bridgehead atoms. The standard InChI is InChI=1S/C8H9NO2.K/c10-8(9-11)6-7-4-2-1-3-5-7;/h1-5,11H,6H2,(H,9,10);/q;+1/p-1. The van der Waals surface area contributed by atoms with Gasteiger partial charge in [0.05, 0.1) is 0 Å². The third kappa shape index (κ3) is 4.23. The van der Waals surface area contributed by atoms with E-state index >= 15 is 0 Å². The Morgan fingerprint density at radius 2 is 1.92 bits per heavy atom. The largest absolute Gasteiger partial charge is 1.00 e. The minimum absolute atomic E-state index is 0. The van der Waals surface area contributed by atoms with Crippen LogP contribution in [0.15, 0.2) is 35.5 Å². The topological polar surface area (TPSA) is 55.7 Å². The van der Waals surface area contributed by atoms with Crippen LogP contribution in [0.2, 0.25) is 0 Å². The van der Waals surface area contributed by atoms with E-state index in [-0.39, 0.29) is 57.8 Å². The van der Waals surface area contributed by atoms with Crippen LogP contribution in [0.4, 0.5) is 0 Å². The van der Waals surface area contributed by atoms with Crippen LogP contribution < -0.4 is 56.5 Å². The summed E-state index contributed by atoms with van der Waals surface area (Å²) in [5, 5.41) is 21.2. The molecule has 58 valence electrons. The number of benzene rings is 1. The second kappa shape index (κ2) is 6.62. The van der Waals surface area contributed by atoms with Gasteiger partial charge in [0.1, 0.15) is 0 Å². The molecular weight excluding hydrogens is 181 g/mol. The van der Waals surface area contributed by atoms with Crippen molar-refractivity contribution in [2.45, 2.75) is 6.42 Å². The minimum atomic E-state index is -0.517. The van der Waals surface area contributed by atoms with Crippen LogP contribution >= 0.6 is 0 Å². The predicted octanol–water partition coefficient (Wildman–Crippen LogP) is -2.62. The molecule has 0 unspecified atom stereocenters. The van der Waals surface area contributed by atoms with E-state index in [0.29, 0.717) is 0 Å². The molecule has 1 N–H and O–H groups in total. The molecule has 0 spiro atoms. The Morgan fingerprint density at radius 3 is 2.42 bits per heavy atom. The normalized spacial score (nSPS) is 10.5. The summed E-state index contributed by atoms with van der Waals surface area (Å²) < 4.78 is 0. The molecule has 0 aliphatic carbocycles. The molecule has 0 aromatic heterocycles. The summed E-state index contributed by atoms with van der Waals surface area (Å²) in [6, 6.07) is 9.15. The SMILES string of the molecule is [K+].[O-]/C(Cc1ccccc1)=N\O.